The molecule has 1 heterocycles. The summed E-state index contributed by atoms with van der Waals surface area (Å²) in [7, 11) is 15.6. The largest absolute Gasteiger partial charge is 0.0817 e. The van der Waals surface area contributed by atoms with Gasteiger partial charge in [-0.3, -0.25) is 0 Å². The molecule has 0 nitrogen and oxygen atoms in total. The third-order valence-electron chi connectivity index (χ3n) is 2.69. The minimum Gasteiger partial charge on any atom is -0.0817 e. The average Bonchev–Trinajstić information content (AvgIpc) is 2.43. The topological polar surface area (TPSA) is 0 Å². The van der Waals surface area contributed by atoms with Crippen LogP contribution in [0.2, 0.25) is 0 Å². The summed E-state index contributed by atoms with van der Waals surface area (Å²) in [4.78, 5) is 0. The Labute approximate surface area is 148 Å². The first-order valence-electron chi connectivity index (χ1n) is 6.74. The Bertz CT molecular complexity index is 99.4. The molecule has 0 aromatic rings. The van der Waals surface area contributed by atoms with Gasteiger partial charge in [0.1, 0.15) is 0 Å². The third-order valence-corrected chi connectivity index (χ3v) is 18.2. The first-order chi connectivity index (χ1) is 9.50. The lowest BCUT2D eigenvalue weighted by Gasteiger charge is -2.02. The number of rotatable bonds is 0. The molecular weight excluding hydrogens is 389 g/mol. The van der Waals surface area contributed by atoms with Gasteiger partial charge in [-0.05, 0) is 71.8 Å². The molecule has 0 radical (unpaired) electrons. The summed E-state index contributed by atoms with van der Waals surface area (Å²) in [6.45, 7) is 0. The van der Waals surface area contributed by atoms with Gasteiger partial charge < -0.3 is 0 Å². The van der Waals surface area contributed by atoms with Gasteiger partial charge in [-0.25, -0.2) is 0 Å². The Morgan fingerprint density at radius 2 is 0.632 bits per heavy atom. The van der Waals surface area contributed by atoms with E-state index in [0.29, 0.717) is 0 Å². The van der Waals surface area contributed by atoms with E-state index in [0.717, 1.165) is 0 Å². The molecule has 0 saturated carbocycles. The van der Waals surface area contributed by atoms with Crippen LogP contribution in [0.3, 0.4) is 0 Å². The van der Waals surface area contributed by atoms with Gasteiger partial charge in [-0.1, -0.05) is 66.5 Å². The zero-order valence-corrected chi connectivity index (χ0v) is 17.6. The monoisotopic (exact) mass is 410 g/mol. The molecule has 0 aromatic carbocycles. The highest BCUT2D eigenvalue weighted by molar-refractivity contribution is 9.48. The molecule has 1 rings (SSSR count). The minimum absolute atomic E-state index is 1.32. The van der Waals surface area contributed by atoms with Crippen LogP contribution in [-0.2, 0) is 0 Å². The number of hydrogen-bond acceptors (Lipinski definition) is 8. The van der Waals surface area contributed by atoms with Crippen molar-refractivity contribution in [1.82, 2.24) is 0 Å². The Balaban J connectivity index is 2.01. The molecule has 0 aliphatic carbocycles. The lowest BCUT2D eigenvalue weighted by Crippen LogP contribution is -1.83. The number of hydrogen-bond donors (Lipinski definition) is 0. The molecule has 0 bridgehead atoms. The van der Waals surface area contributed by atoms with E-state index < -0.39 is 0 Å². The van der Waals surface area contributed by atoms with E-state index in [4.69, 9.17) is 0 Å². The van der Waals surface area contributed by atoms with Gasteiger partial charge in [0.15, 0.2) is 0 Å². The zero-order valence-electron chi connectivity index (χ0n) is 11.0. The SMILES string of the molecule is C1CCCCCSSSSSSSSCCCCC1. The molecule has 19 heavy (non-hydrogen) atoms. The highest BCUT2D eigenvalue weighted by Crippen LogP contribution is 2.57. The van der Waals surface area contributed by atoms with Gasteiger partial charge in [0.25, 0.3) is 0 Å². The van der Waals surface area contributed by atoms with E-state index in [9.17, 15) is 0 Å². The Morgan fingerprint density at radius 3 is 1.05 bits per heavy atom. The van der Waals surface area contributed by atoms with Crippen molar-refractivity contribution >= 4 is 80.5 Å². The van der Waals surface area contributed by atoms with Crippen molar-refractivity contribution in [2.45, 2.75) is 57.8 Å². The van der Waals surface area contributed by atoms with Crippen LogP contribution in [0.1, 0.15) is 57.8 Å². The molecule has 0 unspecified atom stereocenters. The fraction of sp³-hybridized carbons (Fsp3) is 1.00. The summed E-state index contributed by atoms with van der Waals surface area (Å²) in [6, 6.07) is 0. The molecule has 114 valence electrons. The molecule has 1 aliphatic rings. The van der Waals surface area contributed by atoms with Crippen LogP contribution >= 0.6 is 80.5 Å². The summed E-state index contributed by atoms with van der Waals surface area (Å²) in [5.74, 6) is 2.64. The third kappa shape index (κ3) is 15.5. The molecule has 0 amide bonds. The molecule has 1 aliphatic heterocycles. The lowest BCUT2D eigenvalue weighted by atomic mass is 10.1. The zero-order chi connectivity index (χ0) is 13.4. The van der Waals surface area contributed by atoms with Crippen LogP contribution in [0.4, 0.5) is 0 Å². The predicted octanol–water partition coefficient (Wildman–Crippen LogP) is 8.78. The first-order valence-corrected chi connectivity index (χ1v) is 17.2. The highest BCUT2D eigenvalue weighted by atomic mass is 34.0. The lowest BCUT2D eigenvalue weighted by molar-refractivity contribution is 0.574. The molecule has 1 saturated heterocycles. The van der Waals surface area contributed by atoms with E-state index in [-0.39, 0.29) is 0 Å². The maximum absolute atomic E-state index is 2.02. The molecule has 1 fully saturated rings. The molecule has 0 N–H and O–H groups in total. The molecule has 0 aromatic heterocycles. The van der Waals surface area contributed by atoms with E-state index in [1.165, 1.54) is 69.3 Å². The van der Waals surface area contributed by atoms with E-state index in [1.807, 2.05) is 80.5 Å². The second-order valence-corrected chi connectivity index (χ2v) is 17.6. The normalized spacial score (nSPS) is 24.0. The van der Waals surface area contributed by atoms with Crippen LogP contribution in [0.25, 0.3) is 0 Å². The predicted molar refractivity (Wildman–Crippen MR) is 112 cm³/mol. The van der Waals surface area contributed by atoms with Crippen molar-refractivity contribution in [2.75, 3.05) is 11.5 Å². The van der Waals surface area contributed by atoms with Crippen molar-refractivity contribution in [1.29, 1.82) is 0 Å². The summed E-state index contributed by atoms with van der Waals surface area (Å²) in [5, 5.41) is 0. The Hall–Kier alpha value is 2.80. The Morgan fingerprint density at radius 1 is 0.316 bits per heavy atom. The second-order valence-electron chi connectivity index (χ2n) is 4.23. The van der Waals surface area contributed by atoms with Gasteiger partial charge in [-0.2, -0.15) is 0 Å². The summed E-state index contributed by atoms with van der Waals surface area (Å²) >= 11 is 0. The van der Waals surface area contributed by atoms with Gasteiger partial charge >= 0.3 is 0 Å². The Kier molecular flexibility index (Phi) is 17.9. The first kappa shape index (κ1) is 19.8. The molecule has 0 spiro atoms. The highest BCUT2D eigenvalue weighted by Gasteiger charge is 1.99. The summed E-state index contributed by atoms with van der Waals surface area (Å²) < 4.78 is 0. The van der Waals surface area contributed by atoms with Crippen molar-refractivity contribution in [3.05, 3.63) is 0 Å². The fourth-order valence-corrected chi connectivity index (χ4v) is 19.0. The summed E-state index contributed by atoms with van der Waals surface area (Å²) in [6.07, 6.45) is 12.9. The average molecular weight is 411 g/mol. The smallest absolute Gasteiger partial charge is 0.00454 e. The maximum Gasteiger partial charge on any atom is 0.00454 e. The molecule has 8 heteroatoms. The quantitative estimate of drug-likeness (QED) is 0.358. The minimum atomic E-state index is 1.32. The van der Waals surface area contributed by atoms with E-state index >= 15 is 0 Å². The van der Waals surface area contributed by atoms with E-state index in [2.05, 4.69) is 0 Å². The van der Waals surface area contributed by atoms with Gasteiger partial charge in [0, 0.05) is 11.5 Å². The van der Waals surface area contributed by atoms with Crippen molar-refractivity contribution < 1.29 is 0 Å². The second kappa shape index (κ2) is 17.2. The van der Waals surface area contributed by atoms with Crippen LogP contribution in [0.5, 0.6) is 0 Å². The van der Waals surface area contributed by atoms with E-state index in [1.54, 1.807) is 0 Å². The van der Waals surface area contributed by atoms with Gasteiger partial charge in [0.2, 0.25) is 0 Å². The van der Waals surface area contributed by atoms with Crippen LogP contribution < -0.4 is 0 Å². The van der Waals surface area contributed by atoms with Crippen molar-refractivity contribution in [2.24, 2.45) is 0 Å². The standard InChI is InChI=1S/C11H22S8/c1-2-4-6-8-10-12-14-16-18-19-17-15-13-11-9-7-5-3-1/h1-11H2. The van der Waals surface area contributed by atoms with Gasteiger partial charge in [0.05, 0.1) is 0 Å². The van der Waals surface area contributed by atoms with Gasteiger partial charge in [-0.15, -0.1) is 0 Å². The van der Waals surface area contributed by atoms with Crippen molar-refractivity contribution in [3.63, 3.8) is 0 Å². The van der Waals surface area contributed by atoms with Crippen LogP contribution in [0.15, 0.2) is 0 Å². The maximum atomic E-state index is 2.02. The van der Waals surface area contributed by atoms with Crippen LogP contribution in [0, 0.1) is 0 Å². The van der Waals surface area contributed by atoms with Crippen LogP contribution in [-0.4, -0.2) is 11.5 Å². The molecular formula is C11H22S8. The summed E-state index contributed by atoms with van der Waals surface area (Å²) in [5.41, 5.74) is 0. The van der Waals surface area contributed by atoms with Crippen molar-refractivity contribution in [3.8, 4) is 0 Å². The molecule has 0 atom stereocenters. The fourth-order valence-electron chi connectivity index (χ4n) is 1.71.